The molecule has 1 aromatic heterocycles. The Bertz CT molecular complexity index is 1210. The molecule has 0 spiro atoms. The fourth-order valence-corrected chi connectivity index (χ4v) is 4.29. The van der Waals surface area contributed by atoms with E-state index < -0.39 is 15.7 Å². The molecule has 2 aromatic carbocycles. The Hall–Kier alpha value is -3.00. The zero-order valence-corrected chi connectivity index (χ0v) is 17.5. The Balaban J connectivity index is 2.03. The highest BCUT2D eigenvalue weighted by Crippen LogP contribution is 2.34. The van der Waals surface area contributed by atoms with Crippen molar-refractivity contribution in [3.8, 4) is 17.2 Å². The van der Waals surface area contributed by atoms with Gasteiger partial charge in [0.2, 0.25) is 0 Å². The first-order valence-corrected chi connectivity index (χ1v) is 10.4. The van der Waals surface area contributed by atoms with Gasteiger partial charge in [0.05, 0.1) is 14.2 Å². The number of benzene rings is 2. The van der Waals surface area contributed by atoms with Crippen LogP contribution in [0.1, 0.15) is 24.5 Å². The van der Waals surface area contributed by atoms with Crippen molar-refractivity contribution in [2.24, 2.45) is 0 Å². The van der Waals surface area contributed by atoms with Crippen LogP contribution < -0.4 is 19.3 Å². The molecule has 1 heterocycles. The predicted octanol–water partition coefficient (Wildman–Crippen LogP) is 3.84. The van der Waals surface area contributed by atoms with E-state index in [4.69, 9.17) is 18.1 Å². The Morgan fingerprint density at radius 2 is 1.69 bits per heavy atom. The van der Waals surface area contributed by atoms with Gasteiger partial charge in [0.25, 0.3) is 0 Å². The summed E-state index contributed by atoms with van der Waals surface area (Å²) in [5.74, 6) is 0.734. The summed E-state index contributed by atoms with van der Waals surface area (Å²) in [6, 6.07) is 9.00. The van der Waals surface area contributed by atoms with Gasteiger partial charge in [-0.15, -0.1) is 0 Å². The van der Waals surface area contributed by atoms with Gasteiger partial charge in [-0.05, 0) is 42.7 Å². The molecule has 0 saturated heterocycles. The number of hydrogen-bond donors (Lipinski definition) is 0. The Morgan fingerprint density at radius 3 is 2.34 bits per heavy atom. The maximum absolute atomic E-state index is 12.9. The highest BCUT2D eigenvalue weighted by Gasteiger charge is 2.23. The van der Waals surface area contributed by atoms with E-state index in [0.29, 0.717) is 17.7 Å². The van der Waals surface area contributed by atoms with Gasteiger partial charge >= 0.3 is 15.7 Å². The molecule has 0 N–H and O–H groups in total. The third kappa shape index (κ3) is 4.22. The molecule has 0 saturated carbocycles. The summed E-state index contributed by atoms with van der Waals surface area (Å²) in [6.07, 6.45) is 1.58. The van der Waals surface area contributed by atoms with Crippen LogP contribution in [0.15, 0.2) is 50.5 Å². The summed E-state index contributed by atoms with van der Waals surface area (Å²) in [5.41, 5.74) is 1.08. The molecule has 0 radical (unpaired) electrons. The van der Waals surface area contributed by atoms with Crippen molar-refractivity contribution in [3.05, 3.63) is 57.9 Å². The van der Waals surface area contributed by atoms with Crippen LogP contribution in [0.3, 0.4) is 0 Å². The summed E-state index contributed by atoms with van der Waals surface area (Å²) < 4.78 is 46.6. The fraction of sp³-hybridized carbons (Fsp3) is 0.286. The minimum Gasteiger partial charge on any atom is -0.493 e. The Labute approximate surface area is 169 Å². The van der Waals surface area contributed by atoms with E-state index in [1.165, 1.54) is 38.5 Å². The zero-order chi connectivity index (χ0) is 21.2. The van der Waals surface area contributed by atoms with Crippen molar-refractivity contribution in [1.82, 2.24) is 0 Å². The van der Waals surface area contributed by atoms with Crippen LogP contribution in [0, 0.1) is 6.92 Å². The molecule has 0 aliphatic rings. The molecule has 3 rings (SSSR count). The van der Waals surface area contributed by atoms with E-state index in [1.54, 1.807) is 19.1 Å². The summed E-state index contributed by atoms with van der Waals surface area (Å²) >= 11 is 0. The van der Waals surface area contributed by atoms with E-state index >= 15 is 0 Å². The predicted molar refractivity (Wildman–Crippen MR) is 109 cm³/mol. The summed E-state index contributed by atoms with van der Waals surface area (Å²) in [4.78, 5) is 11.8. The number of ether oxygens (including phenoxy) is 2. The summed E-state index contributed by atoms with van der Waals surface area (Å²) in [6.45, 7) is 3.64. The normalized spacial score (nSPS) is 11.4. The van der Waals surface area contributed by atoms with E-state index in [-0.39, 0.29) is 22.0 Å². The van der Waals surface area contributed by atoms with Crippen LogP contribution in [0.2, 0.25) is 0 Å². The van der Waals surface area contributed by atoms with Crippen molar-refractivity contribution in [3.63, 3.8) is 0 Å². The van der Waals surface area contributed by atoms with Crippen LogP contribution in [-0.4, -0.2) is 22.6 Å². The zero-order valence-electron chi connectivity index (χ0n) is 16.6. The highest BCUT2D eigenvalue weighted by atomic mass is 32.2. The van der Waals surface area contributed by atoms with Gasteiger partial charge in [-0.2, -0.15) is 8.42 Å². The molecule has 0 aliphatic carbocycles. The first-order chi connectivity index (χ1) is 13.8. The lowest BCUT2D eigenvalue weighted by atomic mass is 10.1. The molecular formula is C21H22O7S. The minimum absolute atomic E-state index is 0.0449. The first-order valence-electron chi connectivity index (χ1n) is 9.03. The maximum atomic E-state index is 12.9. The van der Waals surface area contributed by atoms with E-state index in [9.17, 15) is 13.2 Å². The molecule has 0 unspecified atom stereocenters. The number of rotatable bonds is 7. The molecular weight excluding hydrogens is 396 g/mol. The summed E-state index contributed by atoms with van der Waals surface area (Å²) in [7, 11) is -1.27. The van der Waals surface area contributed by atoms with Crippen LogP contribution in [0.5, 0.6) is 17.2 Å². The third-order valence-corrected chi connectivity index (χ3v) is 5.87. The molecule has 0 bridgehead atoms. The van der Waals surface area contributed by atoms with Gasteiger partial charge in [-0.25, -0.2) is 4.79 Å². The van der Waals surface area contributed by atoms with Crippen LogP contribution >= 0.6 is 0 Å². The molecule has 8 heteroatoms. The van der Waals surface area contributed by atoms with E-state index in [0.717, 1.165) is 17.4 Å². The molecule has 7 nitrogen and oxygen atoms in total. The van der Waals surface area contributed by atoms with Crippen molar-refractivity contribution >= 4 is 21.1 Å². The molecule has 0 amide bonds. The number of methoxy groups -OCH3 is 2. The lowest BCUT2D eigenvalue weighted by molar-refractivity contribution is 0.353. The quantitative estimate of drug-likeness (QED) is 0.425. The van der Waals surface area contributed by atoms with Crippen LogP contribution in [0.25, 0.3) is 11.0 Å². The maximum Gasteiger partial charge on any atom is 0.339 e. The number of hydrogen-bond acceptors (Lipinski definition) is 7. The monoisotopic (exact) mass is 418 g/mol. The van der Waals surface area contributed by atoms with Gasteiger partial charge in [-0.3, -0.25) is 0 Å². The second-order valence-electron chi connectivity index (χ2n) is 6.51. The summed E-state index contributed by atoms with van der Waals surface area (Å²) in [5, 5.41) is 0.749. The average molecular weight is 418 g/mol. The van der Waals surface area contributed by atoms with Crippen molar-refractivity contribution in [2.75, 3.05) is 14.2 Å². The lowest BCUT2D eigenvalue weighted by Crippen LogP contribution is -2.12. The standard InChI is InChI=1S/C21H22O7S/c1-5-6-14-10-21(22)27-17-11-15(7-8-16(14)17)28-29(23,24)20-12-19(26-4)18(25-3)9-13(20)2/h7-12H,5-6H2,1-4H3. The molecule has 3 aromatic rings. The molecule has 0 aliphatic heterocycles. The van der Waals surface area contributed by atoms with Gasteiger partial charge in [-0.1, -0.05) is 13.3 Å². The fourth-order valence-electron chi connectivity index (χ4n) is 3.14. The highest BCUT2D eigenvalue weighted by molar-refractivity contribution is 7.87. The molecule has 0 atom stereocenters. The number of aryl methyl sites for hydroxylation is 2. The first kappa shape index (κ1) is 20.7. The van der Waals surface area contributed by atoms with Gasteiger partial charge in [0.1, 0.15) is 16.2 Å². The van der Waals surface area contributed by atoms with E-state index in [2.05, 4.69) is 0 Å². The van der Waals surface area contributed by atoms with Crippen LogP contribution in [0.4, 0.5) is 0 Å². The second-order valence-corrected chi connectivity index (χ2v) is 8.02. The van der Waals surface area contributed by atoms with Crippen molar-refractivity contribution in [2.45, 2.75) is 31.6 Å². The molecule has 154 valence electrons. The third-order valence-electron chi connectivity index (χ3n) is 4.48. The molecule has 29 heavy (non-hydrogen) atoms. The van der Waals surface area contributed by atoms with E-state index in [1.807, 2.05) is 6.92 Å². The largest absolute Gasteiger partial charge is 0.493 e. The van der Waals surface area contributed by atoms with Gasteiger partial charge in [0.15, 0.2) is 11.5 Å². The Morgan fingerprint density at radius 1 is 1.00 bits per heavy atom. The average Bonchev–Trinajstić information content (AvgIpc) is 2.67. The topological polar surface area (TPSA) is 92.0 Å². The van der Waals surface area contributed by atoms with Gasteiger partial charge in [0, 0.05) is 23.6 Å². The molecule has 0 fully saturated rings. The number of fused-ring (bicyclic) bond motifs is 1. The van der Waals surface area contributed by atoms with Crippen LogP contribution in [-0.2, 0) is 16.5 Å². The SMILES string of the molecule is CCCc1cc(=O)oc2cc(OS(=O)(=O)c3cc(OC)c(OC)cc3C)ccc12. The van der Waals surface area contributed by atoms with Crippen molar-refractivity contribution in [1.29, 1.82) is 0 Å². The minimum atomic E-state index is -4.16. The smallest absolute Gasteiger partial charge is 0.339 e. The van der Waals surface area contributed by atoms with Crippen molar-refractivity contribution < 1.29 is 26.5 Å². The van der Waals surface area contributed by atoms with Gasteiger partial charge < -0.3 is 18.1 Å². The second kappa shape index (κ2) is 8.16. The Kier molecular flexibility index (Phi) is 5.83. The lowest BCUT2D eigenvalue weighted by Gasteiger charge is -2.14.